The average Bonchev–Trinajstić information content (AvgIpc) is 2.39. The molecule has 0 spiro atoms. The molecular formula is C12H18N2O2. The molecule has 0 aromatic carbocycles. The molecule has 1 saturated carbocycles. The molecular weight excluding hydrogens is 204 g/mol. The number of hydrogen-bond acceptors (Lipinski definition) is 4. The van der Waals surface area contributed by atoms with E-state index in [4.69, 9.17) is 9.84 Å². The monoisotopic (exact) mass is 222 g/mol. The number of methoxy groups -OCH3 is 1. The number of aliphatic hydroxyl groups is 1. The summed E-state index contributed by atoms with van der Waals surface area (Å²) in [6, 6.07) is 0. The molecule has 0 amide bonds. The van der Waals surface area contributed by atoms with E-state index in [1.165, 1.54) is 19.3 Å². The molecule has 4 heteroatoms. The largest absolute Gasteiger partial charge is 0.392 e. The van der Waals surface area contributed by atoms with Gasteiger partial charge < -0.3 is 9.84 Å². The normalized spacial score (nSPS) is 19.6. The second-order valence-corrected chi connectivity index (χ2v) is 4.33. The Morgan fingerprint density at radius 3 is 2.38 bits per heavy atom. The van der Waals surface area contributed by atoms with Crippen LogP contribution < -0.4 is 0 Å². The molecule has 1 heterocycles. The second kappa shape index (κ2) is 4.89. The number of hydrogen-bond donors (Lipinski definition) is 1. The molecule has 1 aliphatic carbocycles. The van der Waals surface area contributed by atoms with Crippen LogP contribution in [-0.2, 0) is 16.9 Å². The fraction of sp³-hybridized carbons (Fsp3) is 0.667. The van der Waals surface area contributed by atoms with E-state index in [0.717, 1.165) is 24.2 Å². The van der Waals surface area contributed by atoms with Crippen LogP contribution in [0.2, 0.25) is 0 Å². The van der Waals surface area contributed by atoms with E-state index >= 15 is 0 Å². The zero-order valence-electron chi connectivity index (χ0n) is 9.65. The van der Waals surface area contributed by atoms with Gasteiger partial charge in [0.2, 0.25) is 0 Å². The van der Waals surface area contributed by atoms with Crippen molar-refractivity contribution < 1.29 is 9.84 Å². The highest BCUT2D eigenvalue weighted by Gasteiger charge is 2.36. The van der Waals surface area contributed by atoms with E-state index in [0.29, 0.717) is 0 Å². The van der Waals surface area contributed by atoms with Crippen molar-refractivity contribution in [3.05, 3.63) is 23.8 Å². The fourth-order valence-electron chi connectivity index (χ4n) is 2.31. The van der Waals surface area contributed by atoms with Crippen molar-refractivity contribution in [2.75, 3.05) is 7.11 Å². The molecule has 1 N–H and O–H groups in total. The van der Waals surface area contributed by atoms with Crippen LogP contribution in [0.3, 0.4) is 0 Å². The minimum atomic E-state index is -0.299. The number of rotatable bonds is 3. The van der Waals surface area contributed by atoms with Crippen LogP contribution >= 0.6 is 0 Å². The summed E-state index contributed by atoms with van der Waals surface area (Å²) in [6.45, 7) is -0.0136. The first kappa shape index (κ1) is 11.5. The molecule has 16 heavy (non-hydrogen) atoms. The lowest BCUT2D eigenvalue weighted by Crippen LogP contribution is -2.33. The van der Waals surface area contributed by atoms with Crippen LogP contribution in [-0.4, -0.2) is 22.2 Å². The molecule has 4 nitrogen and oxygen atoms in total. The Bertz CT molecular complexity index is 331. The summed E-state index contributed by atoms with van der Waals surface area (Å²) >= 11 is 0. The number of nitrogens with zero attached hydrogens (tertiary/aromatic N) is 2. The van der Waals surface area contributed by atoms with Gasteiger partial charge in [0.1, 0.15) is 5.60 Å². The predicted molar refractivity (Wildman–Crippen MR) is 59.7 cm³/mol. The first-order valence-corrected chi connectivity index (χ1v) is 5.78. The summed E-state index contributed by atoms with van der Waals surface area (Å²) in [4.78, 5) is 8.64. The summed E-state index contributed by atoms with van der Waals surface area (Å²) in [5, 5.41) is 8.95. The lowest BCUT2D eigenvalue weighted by Gasteiger charge is -2.34. The molecule has 1 aromatic rings. The van der Waals surface area contributed by atoms with E-state index in [2.05, 4.69) is 9.97 Å². The van der Waals surface area contributed by atoms with Crippen molar-refractivity contribution in [1.29, 1.82) is 0 Å². The van der Waals surface area contributed by atoms with Crippen LogP contribution in [0.1, 0.15) is 43.5 Å². The van der Waals surface area contributed by atoms with Crippen LogP contribution in [0.5, 0.6) is 0 Å². The van der Waals surface area contributed by atoms with Gasteiger partial charge in [0.25, 0.3) is 0 Å². The maximum atomic E-state index is 8.95. The summed E-state index contributed by atoms with van der Waals surface area (Å²) in [6.07, 6.45) is 8.93. The molecule has 1 fully saturated rings. The van der Waals surface area contributed by atoms with Crippen molar-refractivity contribution in [3.8, 4) is 0 Å². The molecule has 1 aromatic heterocycles. The fourth-order valence-corrected chi connectivity index (χ4v) is 2.31. The Morgan fingerprint density at radius 1 is 1.25 bits per heavy atom. The Balaban J connectivity index is 2.24. The van der Waals surface area contributed by atoms with E-state index in [1.807, 2.05) is 0 Å². The van der Waals surface area contributed by atoms with Crippen molar-refractivity contribution >= 4 is 0 Å². The molecule has 0 radical (unpaired) electrons. The predicted octanol–water partition coefficient (Wildman–Crippen LogP) is 1.77. The molecule has 0 saturated heterocycles. The second-order valence-electron chi connectivity index (χ2n) is 4.33. The highest BCUT2D eigenvalue weighted by Crippen LogP contribution is 2.37. The Morgan fingerprint density at radius 2 is 1.88 bits per heavy atom. The van der Waals surface area contributed by atoms with Gasteiger partial charge in [0.05, 0.1) is 6.61 Å². The maximum absolute atomic E-state index is 8.95. The Kier molecular flexibility index (Phi) is 3.51. The van der Waals surface area contributed by atoms with Crippen LogP contribution in [0, 0.1) is 0 Å². The van der Waals surface area contributed by atoms with Crippen molar-refractivity contribution in [1.82, 2.24) is 9.97 Å². The van der Waals surface area contributed by atoms with Crippen molar-refractivity contribution in [2.24, 2.45) is 0 Å². The van der Waals surface area contributed by atoms with Gasteiger partial charge in [-0.1, -0.05) is 19.3 Å². The van der Waals surface area contributed by atoms with Crippen LogP contribution in [0.4, 0.5) is 0 Å². The quantitative estimate of drug-likeness (QED) is 0.847. The van der Waals surface area contributed by atoms with Gasteiger partial charge in [-0.2, -0.15) is 0 Å². The first-order valence-electron chi connectivity index (χ1n) is 5.78. The van der Waals surface area contributed by atoms with Gasteiger partial charge in [0.15, 0.2) is 5.82 Å². The SMILES string of the molecule is COC1(c2ncc(CO)cn2)CCCCC1. The third-order valence-electron chi connectivity index (χ3n) is 3.35. The van der Waals surface area contributed by atoms with E-state index in [9.17, 15) is 0 Å². The number of aliphatic hydroxyl groups excluding tert-OH is 1. The molecule has 0 unspecified atom stereocenters. The van der Waals surface area contributed by atoms with E-state index in [-0.39, 0.29) is 12.2 Å². The van der Waals surface area contributed by atoms with Gasteiger partial charge in [0, 0.05) is 25.1 Å². The zero-order chi connectivity index (χ0) is 11.4. The van der Waals surface area contributed by atoms with E-state index < -0.39 is 0 Å². The highest BCUT2D eigenvalue weighted by molar-refractivity contribution is 5.09. The Labute approximate surface area is 95.7 Å². The van der Waals surface area contributed by atoms with Gasteiger partial charge in [-0.25, -0.2) is 9.97 Å². The summed E-state index contributed by atoms with van der Waals surface area (Å²) in [7, 11) is 1.73. The molecule has 88 valence electrons. The molecule has 0 atom stereocenters. The molecule has 0 bridgehead atoms. The summed E-state index contributed by atoms with van der Waals surface area (Å²) < 4.78 is 5.65. The standard InChI is InChI=1S/C12H18N2O2/c1-16-12(5-3-2-4-6-12)11-13-7-10(9-15)8-14-11/h7-8,15H,2-6,9H2,1H3. The summed E-state index contributed by atoms with van der Waals surface area (Å²) in [5.74, 6) is 0.756. The number of aromatic nitrogens is 2. The number of ether oxygens (including phenoxy) is 1. The third kappa shape index (κ3) is 2.08. The molecule has 1 aliphatic rings. The smallest absolute Gasteiger partial charge is 0.160 e. The molecule has 0 aliphatic heterocycles. The van der Waals surface area contributed by atoms with Gasteiger partial charge in [-0.15, -0.1) is 0 Å². The first-order chi connectivity index (χ1) is 7.80. The van der Waals surface area contributed by atoms with Crippen molar-refractivity contribution in [3.63, 3.8) is 0 Å². The minimum absolute atomic E-state index is 0.0136. The lowest BCUT2D eigenvalue weighted by atomic mass is 9.84. The van der Waals surface area contributed by atoms with Crippen LogP contribution in [0.15, 0.2) is 12.4 Å². The highest BCUT2D eigenvalue weighted by atomic mass is 16.5. The van der Waals surface area contributed by atoms with Gasteiger partial charge in [-0.05, 0) is 12.8 Å². The third-order valence-corrected chi connectivity index (χ3v) is 3.35. The van der Waals surface area contributed by atoms with Crippen molar-refractivity contribution in [2.45, 2.75) is 44.3 Å². The maximum Gasteiger partial charge on any atom is 0.160 e. The lowest BCUT2D eigenvalue weighted by molar-refractivity contribution is -0.0515. The zero-order valence-corrected chi connectivity index (χ0v) is 9.65. The minimum Gasteiger partial charge on any atom is -0.392 e. The van der Waals surface area contributed by atoms with E-state index in [1.54, 1.807) is 19.5 Å². The van der Waals surface area contributed by atoms with Gasteiger partial charge >= 0.3 is 0 Å². The van der Waals surface area contributed by atoms with Gasteiger partial charge in [-0.3, -0.25) is 0 Å². The summed E-state index contributed by atoms with van der Waals surface area (Å²) in [5.41, 5.74) is 0.442. The average molecular weight is 222 g/mol. The van der Waals surface area contributed by atoms with Crippen LogP contribution in [0.25, 0.3) is 0 Å². The Hall–Kier alpha value is -1.00. The molecule has 2 rings (SSSR count). The topological polar surface area (TPSA) is 55.2 Å².